The van der Waals surface area contributed by atoms with Gasteiger partial charge in [-0.25, -0.2) is 18.9 Å². The molecule has 0 aromatic carbocycles. The summed E-state index contributed by atoms with van der Waals surface area (Å²) >= 11 is 0. The van der Waals surface area contributed by atoms with Crippen LogP contribution in [0.1, 0.15) is 12.8 Å². The largest absolute Gasteiger partial charge is 0.381 e. The molecular formula is C15H23ClN4O5S. The highest BCUT2D eigenvalue weighted by atomic mass is 35.5. The molecule has 0 unspecified atom stereocenters. The zero-order chi connectivity index (χ0) is 17.9. The van der Waals surface area contributed by atoms with E-state index in [0.29, 0.717) is 13.1 Å². The summed E-state index contributed by atoms with van der Waals surface area (Å²) in [5.74, 6) is -0.0867. The zero-order valence-corrected chi connectivity index (χ0v) is 15.8. The van der Waals surface area contributed by atoms with Crippen LogP contribution in [0, 0.1) is 0 Å². The quantitative estimate of drug-likeness (QED) is 0.535. The first-order valence-electron chi connectivity index (χ1n) is 8.19. The van der Waals surface area contributed by atoms with Crippen molar-refractivity contribution in [1.82, 2.24) is 14.8 Å². The lowest BCUT2D eigenvalue weighted by atomic mass is 9.98. The van der Waals surface area contributed by atoms with Gasteiger partial charge in [0.25, 0.3) is 5.91 Å². The van der Waals surface area contributed by atoms with Gasteiger partial charge >= 0.3 is 0 Å². The minimum Gasteiger partial charge on any atom is -0.381 e. The summed E-state index contributed by atoms with van der Waals surface area (Å²) in [5, 5.41) is 9.06. The van der Waals surface area contributed by atoms with Gasteiger partial charge in [0.2, 0.25) is 10.0 Å². The molecule has 3 rings (SSSR count). The van der Waals surface area contributed by atoms with Crippen molar-refractivity contribution in [3.63, 3.8) is 0 Å². The van der Waals surface area contributed by atoms with Crippen LogP contribution in [0.15, 0.2) is 24.4 Å². The average Bonchev–Trinajstić information content (AvgIpc) is 2.68. The normalized spacial score (nSPS) is 20.9. The summed E-state index contributed by atoms with van der Waals surface area (Å²) in [7, 11) is -3.93. The lowest BCUT2D eigenvalue weighted by Gasteiger charge is -2.41. The maximum atomic E-state index is 13.2. The fourth-order valence-electron chi connectivity index (χ4n) is 3.35. The second kappa shape index (κ2) is 8.49. The molecule has 0 bridgehead atoms. The molecule has 0 atom stereocenters. The molecule has 11 heteroatoms. The maximum Gasteiger partial charge on any atom is 0.266 e. The lowest BCUT2D eigenvalue weighted by molar-refractivity contribution is -0.134. The number of hydrogen-bond acceptors (Lipinski definition) is 7. The Morgan fingerprint density at radius 2 is 1.85 bits per heavy atom. The molecular weight excluding hydrogens is 384 g/mol. The molecule has 2 saturated heterocycles. The smallest absolute Gasteiger partial charge is 0.266 e. The van der Waals surface area contributed by atoms with Crippen molar-refractivity contribution in [2.75, 3.05) is 44.3 Å². The van der Waals surface area contributed by atoms with E-state index in [0.717, 1.165) is 5.82 Å². The van der Waals surface area contributed by atoms with Crippen LogP contribution in [0.3, 0.4) is 0 Å². The number of halogens is 1. The minimum absolute atomic E-state index is 0. The summed E-state index contributed by atoms with van der Waals surface area (Å²) in [6.45, 7) is 1.84. The third kappa shape index (κ3) is 3.65. The van der Waals surface area contributed by atoms with Crippen molar-refractivity contribution < 1.29 is 23.2 Å². The van der Waals surface area contributed by atoms with Crippen molar-refractivity contribution >= 4 is 34.2 Å². The van der Waals surface area contributed by atoms with Gasteiger partial charge in [0.15, 0.2) is 4.75 Å². The number of nitrogens with one attached hydrogen (secondary N) is 1. The highest BCUT2D eigenvalue weighted by Crippen LogP contribution is 2.33. The van der Waals surface area contributed by atoms with Gasteiger partial charge in [0.05, 0.1) is 0 Å². The number of anilines is 1. The Bertz CT molecular complexity index is 704. The molecule has 0 spiro atoms. The number of sulfonamides is 1. The zero-order valence-electron chi connectivity index (χ0n) is 14.2. The monoisotopic (exact) mass is 406 g/mol. The number of aromatic nitrogens is 1. The fraction of sp³-hybridized carbons (Fsp3) is 0.600. The third-order valence-electron chi connectivity index (χ3n) is 4.86. The Morgan fingerprint density at radius 1 is 1.19 bits per heavy atom. The Labute approximate surface area is 158 Å². The number of piperazine rings is 1. The molecule has 9 nitrogen and oxygen atoms in total. The molecule has 0 radical (unpaired) electrons. The summed E-state index contributed by atoms with van der Waals surface area (Å²) in [6.07, 6.45) is 1.76. The Morgan fingerprint density at radius 3 is 2.38 bits per heavy atom. The molecule has 146 valence electrons. The lowest BCUT2D eigenvalue weighted by Crippen LogP contribution is -2.62. The number of carbonyl (C=O) groups excluding carboxylic acids is 1. The van der Waals surface area contributed by atoms with Crippen molar-refractivity contribution in [2.45, 2.75) is 17.6 Å². The van der Waals surface area contributed by atoms with E-state index in [1.807, 2.05) is 23.1 Å². The van der Waals surface area contributed by atoms with Crippen LogP contribution in [-0.2, 0) is 19.6 Å². The van der Waals surface area contributed by atoms with Gasteiger partial charge < -0.3 is 9.64 Å². The van der Waals surface area contributed by atoms with Gasteiger partial charge in [-0.3, -0.25) is 10.0 Å². The van der Waals surface area contributed by atoms with Crippen molar-refractivity contribution in [3.05, 3.63) is 24.4 Å². The number of hydrogen-bond donors (Lipinski definition) is 2. The van der Waals surface area contributed by atoms with Crippen LogP contribution in [-0.4, -0.2) is 73.0 Å². The third-order valence-corrected chi connectivity index (χ3v) is 7.49. The Hall–Kier alpha value is -1.46. The molecule has 2 aliphatic rings. The van der Waals surface area contributed by atoms with E-state index in [-0.39, 0.29) is 51.6 Å². The fourth-order valence-corrected chi connectivity index (χ4v) is 5.45. The van der Waals surface area contributed by atoms with E-state index in [9.17, 15) is 13.2 Å². The molecule has 1 aromatic rings. The van der Waals surface area contributed by atoms with Crippen LogP contribution >= 0.6 is 12.4 Å². The summed E-state index contributed by atoms with van der Waals surface area (Å²) in [4.78, 5) is 18.5. The first kappa shape index (κ1) is 20.8. The van der Waals surface area contributed by atoms with E-state index >= 15 is 0 Å². The maximum absolute atomic E-state index is 13.2. The van der Waals surface area contributed by atoms with Gasteiger partial charge in [-0.2, -0.15) is 4.31 Å². The molecule has 2 fully saturated rings. The van der Waals surface area contributed by atoms with Gasteiger partial charge in [0.1, 0.15) is 5.82 Å². The van der Waals surface area contributed by atoms with E-state index in [4.69, 9.17) is 9.94 Å². The van der Waals surface area contributed by atoms with Crippen LogP contribution in [0.25, 0.3) is 0 Å². The molecule has 0 saturated carbocycles. The van der Waals surface area contributed by atoms with Gasteiger partial charge in [-0.05, 0) is 12.1 Å². The van der Waals surface area contributed by atoms with Crippen LogP contribution in [0.2, 0.25) is 0 Å². The number of ether oxygens (including phenoxy) is 1. The Kier molecular flexibility index (Phi) is 6.80. The predicted octanol–water partition coefficient (Wildman–Crippen LogP) is 0.00980. The molecule has 26 heavy (non-hydrogen) atoms. The van der Waals surface area contributed by atoms with E-state index in [2.05, 4.69) is 4.98 Å². The SMILES string of the molecule is Cl.O=C(NO)C1(S(=O)(=O)N2CCN(c3ccccn3)CC2)CCOCC1. The molecule has 1 aromatic heterocycles. The van der Waals surface area contributed by atoms with Gasteiger partial charge in [-0.15, -0.1) is 12.4 Å². The van der Waals surface area contributed by atoms with Gasteiger partial charge in [0, 0.05) is 58.4 Å². The van der Waals surface area contributed by atoms with E-state index in [1.54, 1.807) is 6.20 Å². The molecule has 0 aliphatic carbocycles. The molecule has 1 amide bonds. The Balaban J connectivity index is 0.00000243. The number of rotatable bonds is 4. The summed E-state index contributed by atoms with van der Waals surface area (Å²) < 4.78 is 31.2. The topological polar surface area (TPSA) is 112 Å². The number of amides is 1. The van der Waals surface area contributed by atoms with Crippen LogP contribution < -0.4 is 10.4 Å². The van der Waals surface area contributed by atoms with E-state index in [1.165, 1.54) is 9.79 Å². The first-order valence-corrected chi connectivity index (χ1v) is 9.63. The number of hydroxylamine groups is 1. The minimum atomic E-state index is -3.93. The van der Waals surface area contributed by atoms with Crippen molar-refractivity contribution in [1.29, 1.82) is 0 Å². The van der Waals surface area contributed by atoms with Gasteiger partial charge in [-0.1, -0.05) is 6.07 Å². The number of pyridine rings is 1. The van der Waals surface area contributed by atoms with E-state index < -0.39 is 20.7 Å². The molecule has 3 heterocycles. The van der Waals surface area contributed by atoms with Crippen molar-refractivity contribution in [2.24, 2.45) is 0 Å². The molecule has 2 N–H and O–H groups in total. The standard InChI is InChI=1S/C15H22N4O5S.ClH/c20-14(17-21)15(4-11-24-12-5-15)25(22,23)19-9-7-18(8-10-19)13-3-1-2-6-16-13;/h1-3,6,21H,4-5,7-12H2,(H,17,20);1H. The highest BCUT2D eigenvalue weighted by molar-refractivity contribution is 7.91. The average molecular weight is 407 g/mol. The summed E-state index contributed by atoms with van der Waals surface area (Å²) in [5.41, 5.74) is 1.53. The highest BCUT2D eigenvalue weighted by Gasteiger charge is 2.54. The second-order valence-electron chi connectivity index (χ2n) is 6.13. The second-order valence-corrected chi connectivity index (χ2v) is 8.37. The van der Waals surface area contributed by atoms with Crippen molar-refractivity contribution in [3.8, 4) is 0 Å². The van der Waals surface area contributed by atoms with Crippen LogP contribution in [0.5, 0.6) is 0 Å². The first-order chi connectivity index (χ1) is 12.0. The molecule has 2 aliphatic heterocycles. The predicted molar refractivity (Wildman–Crippen MR) is 96.9 cm³/mol. The summed E-state index contributed by atoms with van der Waals surface area (Å²) in [6, 6.07) is 5.59. The van der Waals surface area contributed by atoms with Crippen LogP contribution in [0.4, 0.5) is 5.82 Å². The number of carbonyl (C=O) groups is 1. The number of nitrogens with zero attached hydrogens (tertiary/aromatic N) is 3.